The van der Waals surface area contributed by atoms with Crippen molar-refractivity contribution in [3.63, 3.8) is 0 Å². The molecule has 4 nitrogen and oxygen atoms in total. The topological polar surface area (TPSA) is 35.6 Å². The summed E-state index contributed by atoms with van der Waals surface area (Å²) in [6.07, 6.45) is 5.10. The zero-order valence-corrected chi connectivity index (χ0v) is 17.6. The van der Waals surface area contributed by atoms with Gasteiger partial charge in [-0.1, -0.05) is 36.4 Å². The molecule has 1 fully saturated rings. The predicted molar refractivity (Wildman–Crippen MR) is 119 cm³/mol. The highest BCUT2D eigenvalue weighted by atomic mass is 16.2. The maximum Gasteiger partial charge on any atom is 0.227 e. The van der Waals surface area contributed by atoms with Gasteiger partial charge in [0.25, 0.3) is 0 Å². The Morgan fingerprint density at radius 3 is 2.76 bits per heavy atom. The Balaban J connectivity index is 1.32. The molecule has 2 heterocycles. The van der Waals surface area contributed by atoms with Crippen molar-refractivity contribution in [2.24, 2.45) is 5.92 Å². The van der Waals surface area contributed by atoms with E-state index < -0.39 is 0 Å². The number of carbonyl (C=O) groups is 1. The summed E-state index contributed by atoms with van der Waals surface area (Å²) >= 11 is 0. The van der Waals surface area contributed by atoms with Crippen LogP contribution in [0.15, 0.2) is 48.5 Å². The number of benzene rings is 2. The van der Waals surface area contributed by atoms with Crippen molar-refractivity contribution in [1.82, 2.24) is 9.80 Å². The minimum Gasteiger partial charge on any atom is -0.388 e. The number of hydrogen-bond donors (Lipinski definition) is 1. The monoisotopic (exact) mass is 391 g/mol. The Bertz CT molecular complexity index is 820. The maximum absolute atomic E-state index is 12.9. The summed E-state index contributed by atoms with van der Waals surface area (Å²) in [4.78, 5) is 17.6. The number of likely N-dealkylation sites (tertiary alicyclic amines) is 1. The summed E-state index contributed by atoms with van der Waals surface area (Å²) in [5, 5.41) is 3.21. The van der Waals surface area contributed by atoms with Crippen molar-refractivity contribution in [2.45, 2.75) is 32.1 Å². The van der Waals surface area contributed by atoms with Gasteiger partial charge in [-0.15, -0.1) is 0 Å². The van der Waals surface area contributed by atoms with E-state index in [1.54, 1.807) is 0 Å². The van der Waals surface area contributed by atoms with Gasteiger partial charge in [-0.25, -0.2) is 0 Å². The van der Waals surface area contributed by atoms with Crippen LogP contribution in [0.2, 0.25) is 0 Å². The zero-order valence-electron chi connectivity index (χ0n) is 17.6. The van der Waals surface area contributed by atoms with Crippen LogP contribution in [0.4, 0.5) is 5.69 Å². The second-order valence-corrected chi connectivity index (χ2v) is 8.54. The van der Waals surface area contributed by atoms with Crippen LogP contribution in [-0.4, -0.2) is 55.5 Å². The molecule has 1 unspecified atom stereocenters. The number of nitrogens with one attached hydrogen (secondary N) is 1. The highest BCUT2D eigenvalue weighted by Crippen LogP contribution is 2.23. The third kappa shape index (κ3) is 5.18. The van der Waals surface area contributed by atoms with E-state index in [1.165, 1.54) is 36.1 Å². The lowest BCUT2D eigenvalue weighted by Crippen LogP contribution is -2.44. The van der Waals surface area contributed by atoms with Crippen LogP contribution in [0, 0.1) is 5.92 Å². The molecule has 0 radical (unpaired) electrons. The number of amides is 1. The molecule has 2 aromatic rings. The fraction of sp³-hybridized carbons (Fsp3) is 0.480. The van der Waals surface area contributed by atoms with Crippen LogP contribution in [0.1, 0.15) is 29.5 Å². The van der Waals surface area contributed by atoms with E-state index in [0.29, 0.717) is 18.2 Å². The standard InChI is InChI=1S/C25H33N3O/c1-26-24-10-9-22-17-25(29)28(15-12-23(22)16-24)19-21-8-5-13-27(18-21)14-11-20-6-3-2-4-7-20/h2-4,6-7,9-10,16,21,26H,5,8,11-15,17-19H2,1H3. The van der Waals surface area contributed by atoms with Crippen molar-refractivity contribution in [1.29, 1.82) is 0 Å². The number of piperidine rings is 1. The first-order valence-corrected chi connectivity index (χ1v) is 11.0. The molecule has 1 atom stereocenters. The largest absolute Gasteiger partial charge is 0.388 e. The van der Waals surface area contributed by atoms with Crippen molar-refractivity contribution in [2.75, 3.05) is 45.1 Å². The number of fused-ring (bicyclic) bond motifs is 1. The highest BCUT2D eigenvalue weighted by Gasteiger charge is 2.26. The highest BCUT2D eigenvalue weighted by molar-refractivity contribution is 5.80. The Labute approximate surface area is 174 Å². The third-order valence-corrected chi connectivity index (χ3v) is 6.48. The van der Waals surface area contributed by atoms with E-state index in [9.17, 15) is 4.79 Å². The van der Waals surface area contributed by atoms with E-state index in [0.717, 1.165) is 44.7 Å². The molecule has 4 rings (SSSR count). The molecule has 154 valence electrons. The molecule has 4 heteroatoms. The van der Waals surface area contributed by atoms with Gasteiger partial charge >= 0.3 is 0 Å². The quantitative estimate of drug-likeness (QED) is 0.817. The normalized spacial score (nSPS) is 20.2. The lowest BCUT2D eigenvalue weighted by molar-refractivity contribution is -0.131. The third-order valence-electron chi connectivity index (χ3n) is 6.48. The molecule has 1 saturated heterocycles. The van der Waals surface area contributed by atoms with Crippen LogP contribution in [0.25, 0.3) is 0 Å². The van der Waals surface area contributed by atoms with Crippen molar-refractivity contribution < 1.29 is 4.79 Å². The first-order chi connectivity index (χ1) is 14.2. The summed E-state index contributed by atoms with van der Waals surface area (Å²) in [6.45, 7) is 5.18. The number of nitrogens with zero attached hydrogens (tertiary/aromatic N) is 2. The van der Waals surface area contributed by atoms with Crippen LogP contribution in [0.3, 0.4) is 0 Å². The van der Waals surface area contributed by atoms with Crippen LogP contribution in [-0.2, 0) is 24.1 Å². The van der Waals surface area contributed by atoms with E-state index in [4.69, 9.17) is 0 Å². The molecule has 0 aliphatic carbocycles. The van der Waals surface area contributed by atoms with Gasteiger partial charge in [-0.2, -0.15) is 0 Å². The van der Waals surface area contributed by atoms with E-state index in [1.807, 2.05) is 7.05 Å². The first-order valence-electron chi connectivity index (χ1n) is 11.0. The van der Waals surface area contributed by atoms with E-state index in [-0.39, 0.29) is 0 Å². The van der Waals surface area contributed by atoms with Crippen molar-refractivity contribution >= 4 is 11.6 Å². The predicted octanol–water partition coefficient (Wildman–Crippen LogP) is 3.61. The SMILES string of the molecule is CNc1ccc2c(c1)CCN(CC1CCCN(CCc3ccccc3)C1)C(=O)C2. The Morgan fingerprint density at radius 1 is 1.07 bits per heavy atom. The lowest BCUT2D eigenvalue weighted by Gasteiger charge is -2.35. The van der Waals surface area contributed by atoms with Gasteiger partial charge in [0.05, 0.1) is 6.42 Å². The molecule has 29 heavy (non-hydrogen) atoms. The summed E-state index contributed by atoms with van der Waals surface area (Å²) < 4.78 is 0. The summed E-state index contributed by atoms with van der Waals surface area (Å²) in [5.41, 5.74) is 5.06. The molecule has 0 spiro atoms. The number of rotatable bonds is 6. The molecule has 0 saturated carbocycles. The Morgan fingerprint density at radius 2 is 1.93 bits per heavy atom. The van der Waals surface area contributed by atoms with Crippen LogP contribution in [0.5, 0.6) is 0 Å². The second kappa shape index (κ2) is 9.45. The molecule has 2 aliphatic rings. The summed E-state index contributed by atoms with van der Waals surface area (Å²) in [6, 6.07) is 17.2. The molecule has 0 bridgehead atoms. The van der Waals surface area contributed by atoms with Crippen LogP contribution >= 0.6 is 0 Å². The molecule has 1 amide bonds. The molecular formula is C25H33N3O. The van der Waals surface area contributed by atoms with E-state index >= 15 is 0 Å². The summed E-state index contributed by atoms with van der Waals surface area (Å²) in [5.74, 6) is 0.889. The van der Waals surface area contributed by atoms with Gasteiger partial charge in [-0.3, -0.25) is 4.79 Å². The zero-order chi connectivity index (χ0) is 20.1. The van der Waals surface area contributed by atoms with Crippen molar-refractivity contribution in [3.05, 3.63) is 65.2 Å². The van der Waals surface area contributed by atoms with Gasteiger partial charge in [0.15, 0.2) is 0 Å². The lowest BCUT2D eigenvalue weighted by atomic mass is 9.96. The minimum atomic E-state index is 0.294. The van der Waals surface area contributed by atoms with Gasteiger partial charge in [0.2, 0.25) is 5.91 Å². The van der Waals surface area contributed by atoms with Gasteiger partial charge in [0.1, 0.15) is 0 Å². The van der Waals surface area contributed by atoms with Gasteiger partial charge in [0, 0.05) is 38.9 Å². The second-order valence-electron chi connectivity index (χ2n) is 8.54. The van der Waals surface area contributed by atoms with Gasteiger partial charge < -0.3 is 15.1 Å². The average Bonchev–Trinajstić information content (AvgIpc) is 2.91. The Kier molecular flexibility index (Phi) is 6.50. The summed E-state index contributed by atoms with van der Waals surface area (Å²) in [7, 11) is 1.95. The Hall–Kier alpha value is -2.33. The van der Waals surface area contributed by atoms with E-state index in [2.05, 4.69) is 63.6 Å². The van der Waals surface area contributed by atoms with Crippen molar-refractivity contribution in [3.8, 4) is 0 Å². The average molecular weight is 392 g/mol. The fourth-order valence-electron chi connectivity index (χ4n) is 4.78. The number of carbonyl (C=O) groups excluding carboxylic acids is 1. The molecular weight excluding hydrogens is 358 g/mol. The van der Waals surface area contributed by atoms with Crippen LogP contribution < -0.4 is 5.32 Å². The van der Waals surface area contributed by atoms with Gasteiger partial charge in [-0.05, 0) is 67.0 Å². The number of anilines is 1. The molecule has 2 aliphatic heterocycles. The first kappa shape index (κ1) is 20.0. The minimum absolute atomic E-state index is 0.294. The number of hydrogen-bond acceptors (Lipinski definition) is 3. The fourth-order valence-corrected chi connectivity index (χ4v) is 4.78. The maximum atomic E-state index is 12.9. The smallest absolute Gasteiger partial charge is 0.227 e. The molecule has 1 N–H and O–H groups in total. The molecule has 2 aromatic carbocycles. The molecule has 0 aromatic heterocycles.